The van der Waals surface area contributed by atoms with Gasteiger partial charge in [0.15, 0.2) is 0 Å². The van der Waals surface area contributed by atoms with Gasteiger partial charge < -0.3 is 9.47 Å². The molecule has 4 unspecified atom stereocenters. The summed E-state index contributed by atoms with van der Waals surface area (Å²) in [5, 5.41) is 0. The molecule has 6 rings (SSSR count). The molecule has 0 amide bonds. The molecule has 4 heteroatoms. The third kappa shape index (κ3) is 0.899. The van der Waals surface area contributed by atoms with Gasteiger partial charge in [0.2, 0.25) is 0 Å². The fourth-order valence-corrected chi connectivity index (χ4v) is 7.30. The average molecular weight is 274 g/mol. The molecule has 6 aliphatic rings. The van der Waals surface area contributed by atoms with Gasteiger partial charge in [0.25, 0.3) is 0 Å². The standard InChI is InChI=1S/C16H18O4/c1-3(17)5-9-7-8-10(5)14-16(20-14)12(8)6(4(2)18)11(7)15-13(9)19-15/h5-16H,1-2H3/t5?,6?,7?,8?,9-,10-,11-,12+,13-,14-,15-,16+/m0/s1. The van der Waals surface area contributed by atoms with Crippen LogP contribution in [0.25, 0.3) is 0 Å². The van der Waals surface area contributed by atoms with Crippen LogP contribution < -0.4 is 0 Å². The first-order valence-electron chi connectivity index (χ1n) is 7.93. The lowest BCUT2D eigenvalue weighted by Crippen LogP contribution is -2.31. The maximum absolute atomic E-state index is 12.2. The molecule has 6 fully saturated rings. The lowest BCUT2D eigenvalue weighted by molar-refractivity contribution is -0.125. The van der Waals surface area contributed by atoms with Crippen LogP contribution in [-0.2, 0) is 19.1 Å². The first kappa shape index (κ1) is 10.9. The minimum Gasteiger partial charge on any atom is -0.369 e. The first-order valence-corrected chi connectivity index (χ1v) is 7.93. The molecule has 0 spiro atoms. The molecule has 4 saturated carbocycles. The van der Waals surface area contributed by atoms with Gasteiger partial charge in [-0.3, -0.25) is 9.59 Å². The molecule has 2 aliphatic heterocycles. The van der Waals surface area contributed by atoms with Crippen LogP contribution in [0.2, 0.25) is 0 Å². The zero-order valence-electron chi connectivity index (χ0n) is 11.6. The molecule has 20 heavy (non-hydrogen) atoms. The van der Waals surface area contributed by atoms with E-state index >= 15 is 0 Å². The molecule has 4 nitrogen and oxygen atoms in total. The Labute approximate surface area is 117 Å². The molecule has 0 aromatic carbocycles. The van der Waals surface area contributed by atoms with E-state index in [-0.39, 0.29) is 36.3 Å². The first-order chi connectivity index (χ1) is 9.61. The summed E-state index contributed by atoms with van der Waals surface area (Å²) in [4.78, 5) is 24.4. The van der Waals surface area contributed by atoms with Crippen LogP contribution in [0, 0.1) is 47.3 Å². The van der Waals surface area contributed by atoms with Gasteiger partial charge in [-0.15, -0.1) is 0 Å². The number of ketones is 2. The predicted molar refractivity (Wildman–Crippen MR) is 66.6 cm³/mol. The largest absolute Gasteiger partial charge is 0.369 e. The monoisotopic (exact) mass is 274 g/mol. The number of carbonyl (C=O) groups is 2. The number of carbonyl (C=O) groups excluding carboxylic acids is 2. The smallest absolute Gasteiger partial charge is 0.133 e. The summed E-state index contributed by atoms with van der Waals surface area (Å²) in [5.41, 5.74) is 0. The molecule has 106 valence electrons. The highest BCUT2D eigenvalue weighted by Gasteiger charge is 2.84. The van der Waals surface area contributed by atoms with Crippen molar-refractivity contribution in [1.29, 1.82) is 0 Å². The minimum absolute atomic E-state index is 0.137. The highest BCUT2D eigenvalue weighted by Crippen LogP contribution is 2.78. The van der Waals surface area contributed by atoms with E-state index in [0.29, 0.717) is 47.1 Å². The molecule has 2 heterocycles. The lowest BCUT2D eigenvalue weighted by Gasteiger charge is -2.25. The van der Waals surface area contributed by atoms with Gasteiger partial charge in [-0.05, 0) is 25.7 Å². The van der Waals surface area contributed by atoms with Gasteiger partial charge in [0, 0.05) is 35.5 Å². The van der Waals surface area contributed by atoms with E-state index in [1.54, 1.807) is 13.8 Å². The Bertz CT molecular complexity index is 489. The summed E-state index contributed by atoms with van der Waals surface area (Å²) in [6.45, 7) is 3.48. The van der Waals surface area contributed by atoms with E-state index in [4.69, 9.17) is 9.47 Å². The second kappa shape index (κ2) is 2.91. The van der Waals surface area contributed by atoms with Crippen LogP contribution >= 0.6 is 0 Å². The molecule has 0 bridgehead atoms. The summed E-state index contributed by atoms with van der Waals surface area (Å²) in [6, 6.07) is 0. The zero-order chi connectivity index (χ0) is 13.5. The minimum atomic E-state index is 0.137. The number of ether oxygens (including phenoxy) is 2. The van der Waals surface area contributed by atoms with Crippen LogP contribution in [0.5, 0.6) is 0 Å². The van der Waals surface area contributed by atoms with Crippen LogP contribution in [0.15, 0.2) is 0 Å². The van der Waals surface area contributed by atoms with Gasteiger partial charge in [0.1, 0.15) is 11.6 Å². The Morgan fingerprint density at radius 1 is 0.600 bits per heavy atom. The number of Topliss-reactive ketones (excluding diaryl/α,β-unsaturated/α-hetero) is 2. The normalized spacial score (nSPS) is 69.5. The van der Waals surface area contributed by atoms with Gasteiger partial charge in [-0.2, -0.15) is 0 Å². The molecule has 0 radical (unpaired) electrons. The topological polar surface area (TPSA) is 59.2 Å². The van der Waals surface area contributed by atoms with Gasteiger partial charge >= 0.3 is 0 Å². The Kier molecular flexibility index (Phi) is 1.59. The Morgan fingerprint density at radius 3 is 1.15 bits per heavy atom. The number of epoxide rings is 2. The molecule has 4 aliphatic carbocycles. The fourth-order valence-electron chi connectivity index (χ4n) is 7.30. The molecule has 0 N–H and O–H groups in total. The van der Waals surface area contributed by atoms with E-state index in [9.17, 15) is 9.59 Å². The van der Waals surface area contributed by atoms with Gasteiger partial charge in [-0.25, -0.2) is 0 Å². The number of fused-ring (bicyclic) bond motifs is 6. The van der Waals surface area contributed by atoms with Gasteiger partial charge in [0.05, 0.1) is 24.4 Å². The SMILES string of the molecule is CC(=O)C1[C@@H]2C3C4[C@H]1[C@@H]1O[C@H]1[C@H]4C(C(C)=O)[C@@H]3[C@@H]1O[C@H]21. The molecule has 0 aromatic rings. The van der Waals surface area contributed by atoms with Crippen molar-refractivity contribution in [3.05, 3.63) is 0 Å². The van der Waals surface area contributed by atoms with Crippen molar-refractivity contribution in [3.63, 3.8) is 0 Å². The van der Waals surface area contributed by atoms with E-state index in [2.05, 4.69) is 0 Å². The third-order valence-corrected chi connectivity index (χ3v) is 7.46. The summed E-state index contributed by atoms with van der Waals surface area (Å²) < 4.78 is 11.8. The van der Waals surface area contributed by atoms with Crippen LogP contribution in [-0.4, -0.2) is 36.0 Å². The molecule has 2 saturated heterocycles. The summed E-state index contributed by atoms with van der Waals surface area (Å²) in [6.07, 6.45) is 1.07. The second-order valence-corrected chi connectivity index (χ2v) is 7.87. The van der Waals surface area contributed by atoms with Crippen molar-refractivity contribution in [2.75, 3.05) is 0 Å². The van der Waals surface area contributed by atoms with E-state index in [0.717, 1.165) is 0 Å². The maximum Gasteiger partial charge on any atom is 0.133 e. The quantitative estimate of drug-likeness (QED) is 0.695. The third-order valence-electron chi connectivity index (χ3n) is 7.46. The summed E-state index contributed by atoms with van der Waals surface area (Å²) in [7, 11) is 0. The number of rotatable bonds is 2. The zero-order valence-corrected chi connectivity index (χ0v) is 11.6. The van der Waals surface area contributed by atoms with Crippen molar-refractivity contribution >= 4 is 11.6 Å². The molecular formula is C16H18O4. The average Bonchev–Trinajstić information content (AvgIpc) is 3.19. The van der Waals surface area contributed by atoms with Crippen LogP contribution in [0.3, 0.4) is 0 Å². The Morgan fingerprint density at radius 2 is 0.900 bits per heavy atom. The second-order valence-electron chi connectivity index (χ2n) is 7.87. The van der Waals surface area contributed by atoms with Crippen molar-refractivity contribution in [3.8, 4) is 0 Å². The predicted octanol–water partition coefficient (Wildman–Crippen LogP) is 0.683. The van der Waals surface area contributed by atoms with Crippen molar-refractivity contribution in [1.82, 2.24) is 0 Å². The number of hydrogen-bond acceptors (Lipinski definition) is 4. The van der Waals surface area contributed by atoms with Crippen molar-refractivity contribution < 1.29 is 19.1 Å². The highest BCUT2D eigenvalue weighted by atomic mass is 16.6. The molecule has 12 atom stereocenters. The van der Waals surface area contributed by atoms with Gasteiger partial charge in [-0.1, -0.05) is 0 Å². The molecule has 0 aromatic heterocycles. The highest BCUT2D eigenvalue weighted by molar-refractivity contribution is 5.83. The Balaban J connectivity index is 1.55. The van der Waals surface area contributed by atoms with E-state index in [1.165, 1.54) is 0 Å². The van der Waals surface area contributed by atoms with Crippen molar-refractivity contribution in [2.45, 2.75) is 38.3 Å². The van der Waals surface area contributed by atoms with Crippen LogP contribution in [0.1, 0.15) is 13.8 Å². The lowest BCUT2D eigenvalue weighted by atomic mass is 9.80. The summed E-state index contributed by atoms with van der Waals surface area (Å²) >= 11 is 0. The van der Waals surface area contributed by atoms with E-state index < -0.39 is 0 Å². The summed E-state index contributed by atoms with van der Waals surface area (Å²) in [5.74, 6) is 3.57. The molecular weight excluding hydrogens is 256 g/mol. The maximum atomic E-state index is 12.2. The van der Waals surface area contributed by atoms with E-state index in [1.807, 2.05) is 0 Å². The Hall–Kier alpha value is -0.740. The fraction of sp³-hybridized carbons (Fsp3) is 0.875. The van der Waals surface area contributed by atoms with Crippen LogP contribution in [0.4, 0.5) is 0 Å². The number of hydrogen-bond donors (Lipinski definition) is 0. The van der Waals surface area contributed by atoms with Crippen molar-refractivity contribution in [2.24, 2.45) is 47.3 Å².